The van der Waals surface area contributed by atoms with E-state index in [1.807, 2.05) is 6.07 Å². The van der Waals surface area contributed by atoms with Crippen LogP contribution in [-0.4, -0.2) is 6.85 Å². The maximum absolute atomic E-state index is 2.22. The summed E-state index contributed by atoms with van der Waals surface area (Å²) >= 11 is 0. The Kier molecular flexibility index (Phi) is 2.08. The summed E-state index contributed by atoms with van der Waals surface area (Å²) in [6, 6.07) is 6.16. The Hall–Kier alpha value is -1.31. The minimum atomic E-state index is 0.510. The highest BCUT2D eigenvalue weighted by molar-refractivity contribution is 6.56. The Morgan fingerprint density at radius 1 is 1.00 bits per heavy atom. The predicted molar refractivity (Wildman–Crippen MR) is 50.9 cm³/mol. The molecule has 0 atom stereocenters. The van der Waals surface area contributed by atoms with Crippen LogP contribution in [0.2, 0.25) is 6.32 Å². The molecule has 0 saturated heterocycles. The van der Waals surface area contributed by atoms with Crippen LogP contribution in [0.5, 0.6) is 0 Å². The molecule has 58 valence electrons. The zero-order valence-electron chi connectivity index (χ0n) is 6.93. The maximum Gasteiger partial charge on any atom is 0.520 e. The van der Waals surface area contributed by atoms with Gasteiger partial charge in [-0.3, -0.25) is 4.48 Å². The summed E-state index contributed by atoms with van der Waals surface area (Å²) in [5.74, 6) is 2.22. The second-order valence-corrected chi connectivity index (χ2v) is 2.94. The molecule has 0 N–H and O–H groups in total. The van der Waals surface area contributed by atoms with Gasteiger partial charge in [0.2, 0.25) is 0 Å². The Morgan fingerprint density at radius 2 is 1.83 bits per heavy atom. The molecule has 0 unspecified atom stereocenters. The van der Waals surface area contributed by atoms with Crippen LogP contribution < -0.4 is 4.48 Å². The van der Waals surface area contributed by atoms with E-state index in [2.05, 4.69) is 53.2 Å². The van der Waals surface area contributed by atoms with Gasteiger partial charge in [-0.05, 0) is 18.1 Å². The molecular formula is C10H11BN+. The second kappa shape index (κ2) is 3.39. The van der Waals surface area contributed by atoms with Gasteiger partial charge in [-0.25, -0.2) is 0 Å². The first kappa shape index (κ1) is 7.35. The van der Waals surface area contributed by atoms with Crippen LogP contribution in [-0.2, 0) is 0 Å². The van der Waals surface area contributed by atoms with Crippen molar-refractivity contribution < 1.29 is 4.48 Å². The van der Waals surface area contributed by atoms with Crippen molar-refractivity contribution in [1.82, 2.24) is 0 Å². The first-order chi connectivity index (χ1) is 5.97. The summed E-state index contributed by atoms with van der Waals surface area (Å²) in [6.07, 6.45) is 11.7. The lowest BCUT2D eigenvalue weighted by molar-refractivity contribution is -0.536. The molecule has 2 heterocycles. The van der Waals surface area contributed by atoms with Gasteiger partial charge in [-0.15, -0.1) is 0 Å². The fourth-order valence-electron chi connectivity index (χ4n) is 1.42. The van der Waals surface area contributed by atoms with Crippen LogP contribution in [0.4, 0.5) is 0 Å². The average molecular weight is 156 g/mol. The molecule has 0 bridgehead atoms. The molecule has 0 aliphatic carbocycles. The highest BCUT2D eigenvalue weighted by Crippen LogP contribution is 1.99. The molecule has 1 aliphatic rings. The van der Waals surface area contributed by atoms with Crippen LogP contribution in [0.3, 0.4) is 0 Å². The van der Waals surface area contributed by atoms with Gasteiger partial charge >= 0.3 is 6.85 Å². The van der Waals surface area contributed by atoms with Gasteiger partial charge in [-0.1, -0.05) is 24.3 Å². The number of hydrogen-bond donors (Lipinski definition) is 0. The zero-order chi connectivity index (χ0) is 8.23. The van der Waals surface area contributed by atoms with E-state index in [9.17, 15) is 0 Å². The average Bonchev–Trinajstić information content (AvgIpc) is 2.21. The van der Waals surface area contributed by atoms with Crippen molar-refractivity contribution in [2.75, 3.05) is 0 Å². The highest BCUT2D eigenvalue weighted by Gasteiger charge is 2.23. The fraction of sp³-hybridized carbons (Fsp3) is 0.100. The van der Waals surface area contributed by atoms with E-state index in [4.69, 9.17) is 0 Å². The van der Waals surface area contributed by atoms with Crippen molar-refractivity contribution in [2.24, 2.45) is 0 Å². The largest absolute Gasteiger partial charge is 0.520 e. The van der Waals surface area contributed by atoms with Crippen LogP contribution in [0, 0.1) is 0 Å². The molecule has 0 fully saturated rings. The van der Waals surface area contributed by atoms with Crippen molar-refractivity contribution in [2.45, 2.75) is 6.32 Å². The Balaban J connectivity index is 2.21. The molecule has 0 aromatic carbocycles. The third-order valence-electron chi connectivity index (χ3n) is 2.08. The maximum atomic E-state index is 2.22. The van der Waals surface area contributed by atoms with Gasteiger partial charge in [0, 0.05) is 6.32 Å². The van der Waals surface area contributed by atoms with E-state index in [0.717, 1.165) is 6.32 Å². The highest BCUT2D eigenvalue weighted by atomic mass is 14.8. The molecular weight excluding hydrogens is 145 g/mol. The van der Waals surface area contributed by atoms with Crippen LogP contribution in [0.25, 0.3) is 0 Å². The first-order valence-electron chi connectivity index (χ1n) is 4.26. The first-order valence-corrected chi connectivity index (χ1v) is 4.26. The molecule has 0 spiro atoms. The number of nitrogens with zero attached hydrogens (tertiary/aromatic N) is 1. The molecule has 0 radical (unpaired) electrons. The molecule has 0 saturated carbocycles. The van der Waals surface area contributed by atoms with Gasteiger partial charge in [-0.2, -0.15) is 0 Å². The van der Waals surface area contributed by atoms with E-state index in [1.54, 1.807) is 0 Å². The van der Waals surface area contributed by atoms with Gasteiger partial charge < -0.3 is 0 Å². The second-order valence-electron chi connectivity index (χ2n) is 2.94. The van der Waals surface area contributed by atoms with E-state index in [0.29, 0.717) is 6.85 Å². The van der Waals surface area contributed by atoms with E-state index < -0.39 is 0 Å². The number of allylic oxidation sites excluding steroid dienone is 3. The lowest BCUT2D eigenvalue weighted by Crippen LogP contribution is -2.49. The smallest absolute Gasteiger partial charge is 0.286 e. The lowest BCUT2D eigenvalue weighted by atomic mass is 9.57. The Bertz CT molecular complexity index is 303. The van der Waals surface area contributed by atoms with Crippen molar-refractivity contribution in [3.05, 3.63) is 54.8 Å². The molecule has 1 aliphatic heterocycles. The van der Waals surface area contributed by atoms with Crippen molar-refractivity contribution in [1.29, 1.82) is 0 Å². The van der Waals surface area contributed by atoms with Gasteiger partial charge in [0.05, 0.1) is 0 Å². The molecule has 12 heavy (non-hydrogen) atoms. The zero-order valence-corrected chi connectivity index (χ0v) is 6.93. The van der Waals surface area contributed by atoms with Crippen molar-refractivity contribution >= 4 is 6.85 Å². The third-order valence-corrected chi connectivity index (χ3v) is 2.08. The van der Waals surface area contributed by atoms with Gasteiger partial charge in [0.1, 0.15) is 12.4 Å². The third kappa shape index (κ3) is 1.47. The van der Waals surface area contributed by atoms with Crippen molar-refractivity contribution in [3.63, 3.8) is 0 Å². The van der Waals surface area contributed by atoms with Gasteiger partial charge in [0.25, 0.3) is 0 Å². The van der Waals surface area contributed by atoms with E-state index >= 15 is 0 Å². The summed E-state index contributed by atoms with van der Waals surface area (Å²) in [7, 11) is 0. The topological polar surface area (TPSA) is 3.88 Å². The minimum Gasteiger partial charge on any atom is -0.286 e. The summed E-state index contributed by atoms with van der Waals surface area (Å²) < 4.78 is 2.22. The summed E-state index contributed by atoms with van der Waals surface area (Å²) in [4.78, 5) is 0. The molecule has 2 heteroatoms. The quantitative estimate of drug-likeness (QED) is 0.542. The minimum absolute atomic E-state index is 0.510. The number of rotatable bonds is 1. The Labute approximate surface area is 73.1 Å². The van der Waals surface area contributed by atoms with E-state index in [1.165, 1.54) is 0 Å². The van der Waals surface area contributed by atoms with Crippen LogP contribution in [0.1, 0.15) is 0 Å². The molecule has 1 nitrogen and oxygen atoms in total. The molecule has 2 rings (SSSR count). The predicted octanol–water partition coefficient (Wildman–Crippen LogP) is 1.48. The fourth-order valence-corrected chi connectivity index (χ4v) is 1.42. The molecule has 1 aromatic heterocycles. The number of aromatic nitrogens is 1. The van der Waals surface area contributed by atoms with Crippen LogP contribution >= 0.6 is 0 Å². The monoisotopic (exact) mass is 156 g/mol. The molecule has 1 aromatic rings. The van der Waals surface area contributed by atoms with Crippen LogP contribution in [0.15, 0.2) is 54.8 Å². The Morgan fingerprint density at radius 3 is 2.50 bits per heavy atom. The summed E-state index contributed by atoms with van der Waals surface area (Å²) in [6.45, 7) is 0.510. The van der Waals surface area contributed by atoms with Gasteiger partial charge in [0.15, 0.2) is 0 Å². The SMILES string of the molecule is C1=CCB([n+]2ccccc2)C=C1. The molecule has 0 amide bonds. The lowest BCUT2D eigenvalue weighted by Gasteiger charge is -2.01. The van der Waals surface area contributed by atoms with E-state index in [-0.39, 0.29) is 0 Å². The van der Waals surface area contributed by atoms with Crippen molar-refractivity contribution in [3.8, 4) is 0 Å². The summed E-state index contributed by atoms with van der Waals surface area (Å²) in [5, 5.41) is 0. The summed E-state index contributed by atoms with van der Waals surface area (Å²) in [5.41, 5.74) is 0. The number of pyridine rings is 1. The number of hydrogen-bond acceptors (Lipinski definition) is 0. The normalized spacial score (nSPS) is 15.2. The standard InChI is InChI=1S/C10H11BN/c1-3-7-11(8-4-1)12-9-5-2-6-10-12/h1-7,9-10H,8H2/q+1.